The Hall–Kier alpha value is -1.63. The molecular formula is C11H11F4NO2. The smallest absolute Gasteiger partial charge is 0.410 e. The minimum atomic E-state index is -5.06. The van der Waals surface area contributed by atoms with Crippen LogP contribution in [0.1, 0.15) is 5.56 Å². The van der Waals surface area contributed by atoms with E-state index in [2.05, 4.69) is 4.74 Å². The van der Waals surface area contributed by atoms with Gasteiger partial charge in [0.2, 0.25) is 5.41 Å². The Morgan fingerprint density at radius 3 is 2.28 bits per heavy atom. The molecule has 0 radical (unpaired) electrons. The van der Waals surface area contributed by atoms with Gasteiger partial charge in [0.15, 0.2) is 0 Å². The highest BCUT2D eigenvalue weighted by molar-refractivity contribution is 5.84. The number of esters is 1. The van der Waals surface area contributed by atoms with Crippen LogP contribution in [0.4, 0.5) is 17.6 Å². The summed E-state index contributed by atoms with van der Waals surface area (Å²) in [5.41, 5.74) is 1.06. The molecule has 0 aliphatic heterocycles. The summed E-state index contributed by atoms with van der Waals surface area (Å²) < 4.78 is 57.1. The van der Waals surface area contributed by atoms with Crippen LogP contribution < -0.4 is 5.73 Å². The van der Waals surface area contributed by atoms with Crippen LogP contribution in [0, 0.1) is 5.82 Å². The number of carbonyl (C=O) groups excluding carboxylic acids is 1. The molecule has 7 heteroatoms. The van der Waals surface area contributed by atoms with Crippen LogP contribution in [0.3, 0.4) is 0 Å². The molecule has 0 spiro atoms. The van der Waals surface area contributed by atoms with Crippen LogP contribution >= 0.6 is 0 Å². The van der Waals surface area contributed by atoms with Crippen molar-refractivity contribution >= 4 is 5.97 Å². The van der Waals surface area contributed by atoms with Crippen molar-refractivity contribution in [1.29, 1.82) is 0 Å². The molecule has 1 unspecified atom stereocenters. The van der Waals surface area contributed by atoms with Gasteiger partial charge in [-0.2, -0.15) is 13.2 Å². The summed E-state index contributed by atoms with van der Waals surface area (Å²) in [5.74, 6) is -2.80. The highest BCUT2D eigenvalue weighted by Gasteiger charge is 2.62. The quantitative estimate of drug-likeness (QED) is 0.669. The third kappa shape index (κ3) is 2.05. The highest BCUT2D eigenvalue weighted by Crippen LogP contribution is 2.42. The molecule has 0 aliphatic rings. The first-order valence-electron chi connectivity index (χ1n) is 4.91. The topological polar surface area (TPSA) is 52.3 Å². The van der Waals surface area contributed by atoms with Gasteiger partial charge < -0.3 is 10.5 Å². The molecule has 0 amide bonds. The SMILES string of the molecule is COC(=O)C(CN)(c1ccccc1F)C(F)(F)F. The maximum Gasteiger partial charge on any atom is 0.410 e. The molecule has 1 rings (SSSR count). The third-order valence-corrected chi connectivity index (χ3v) is 2.66. The number of rotatable bonds is 3. The highest BCUT2D eigenvalue weighted by atomic mass is 19.4. The van der Waals surface area contributed by atoms with Crippen LogP contribution in [0.15, 0.2) is 24.3 Å². The lowest BCUT2D eigenvalue weighted by Gasteiger charge is -2.32. The molecule has 1 atom stereocenters. The van der Waals surface area contributed by atoms with E-state index in [9.17, 15) is 22.4 Å². The van der Waals surface area contributed by atoms with Crippen LogP contribution in [-0.2, 0) is 14.9 Å². The second-order valence-corrected chi connectivity index (χ2v) is 3.58. The molecule has 0 heterocycles. The van der Waals surface area contributed by atoms with E-state index in [1.165, 1.54) is 12.1 Å². The zero-order valence-electron chi connectivity index (χ0n) is 9.42. The fraction of sp³-hybridized carbons (Fsp3) is 0.364. The predicted octanol–water partition coefficient (Wildman–Crippen LogP) is 1.76. The first-order valence-corrected chi connectivity index (χ1v) is 4.91. The predicted molar refractivity (Wildman–Crippen MR) is 55.2 cm³/mol. The van der Waals surface area contributed by atoms with Crippen molar-refractivity contribution in [2.45, 2.75) is 11.6 Å². The largest absolute Gasteiger partial charge is 0.468 e. The van der Waals surface area contributed by atoms with Crippen molar-refractivity contribution in [3.05, 3.63) is 35.6 Å². The molecule has 2 N–H and O–H groups in total. The Labute approximate surface area is 101 Å². The van der Waals surface area contributed by atoms with Gasteiger partial charge in [-0.3, -0.25) is 4.79 Å². The van der Waals surface area contributed by atoms with E-state index in [0.717, 1.165) is 19.2 Å². The summed E-state index contributed by atoms with van der Waals surface area (Å²) in [6.45, 7) is -1.13. The van der Waals surface area contributed by atoms with Crippen molar-refractivity contribution in [3.63, 3.8) is 0 Å². The van der Waals surface area contributed by atoms with E-state index in [4.69, 9.17) is 5.73 Å². The molecule has 18 heavy (non-hydrogen) atoms. The Morgan fingerprint density at radius 1 is 1.33 bits per heavy atom. The fourth-order valence-corrected chi connectivity index (χ4v) is 1.67. The normalized spacial score (nSPS) is 15.0. The van der Waals surface area contributed by atoms with E-state index < -0.39 is 35.5 Å². The molecule has 0 fully saturated rings. The number of carbonyl (C=O) groups is 1. The van der Waals surface area contributed by atoms with E-state index in [1.54, 1.807) is 0 Å². The zero-order valence-corrected chi connectivity index (χ0v) is 9.42. The molecule has 3 nitrogen and oxygen atoms in total. The standard InChI is InChI=1S/C11H11F4NO2/c1-18-9(17)10(6-16,11(13,14)15)7-4-2-3-5-8(7)12/h2-5H,6,16H2,1H3. The van der Waals surface area contributed by atoms with E-state index in [1.807, 2.05) is 0 Å². The van der Waals surface area contributed by atoms with Crippen molar-refractivity contribution in [2.75, 3.05) is 13.7 Å². The first-order chi connectivity index (χ1) is 8.31. The van der Waals surface area contributed by atoms with Gasteiger partial charge in [-0.05, 0) is 6.07 Å². The zero-order chi connectivity index (χ0) is 14.0. The molecule has 0 aliphatic carbocycles. The van der Waals surface area contributed by atoms with Crippen LogP contribution in [0.2, 0.25) is 0 Å². The molecule has 0 saturated carbocycles. The number of ether oxygens (including phenoxy) is 1. The number of methoxy groups -OCH3 is 1. The average Bonchev–Trinajstić information content (AvgIpc) is 2.30. The van der Waals surface area contributed by atoms with Crippen molar-refractivity contribution < 1.29 is 27.1 Å². The molecular weight excluding hydrogens is 254 g/mol. The first kappa shape index (κ1) is 14.4. The number of hydrogen-bond donors (Lipinski definition) is 1. The molecule has 0 aromatic heterocycles. The summed E-state index contributed by atoms with van der Waals surface area (Å²) in [6, 6.07) is 4.10. The third-order valence-electron chi connectivity index (χ3n) is 2.66. The van der Waals surface area contributed by atoms with Gasteiger partial charge in [-0.15, -0.1) is 0 Å². The lowest BCUT2D eigenvalue weighted by atomic mass is 9.79. The molecule has 1 aromatic rings. The average molecular weight is 265 g/mol. The second-order valence-electron chi connectivity index (χ2n) is 3.58. The second kappa shape index (κ2) is 4.93. The van der Waals surface area contributed by atoms with Gasteiger partial charge in [0.1, 0.15) is 5.82 Å². The van der Waals surface area contributed by atoms with Crippen molar-refractivity contribution in [2.24, 2.45) is 5.73 Å². The molecule has 100 valence electrons. The lowest BCUT2D eigenvalue weighted by Crippen LogP contribution is -2.55. The Kier molecular flexibility index (Phi) is 3.95. The Balaban J connectivity index is 3.56. The number of benzene rings is 1. The van der Waals surface area contributed by atoms with Gasteiger partial charge in [0, 0.05) is 12.1 Å². The summed E-state index contributed by atoms with van der Waals surface area (Å²) in [4.78, 5) is 11.5. The summed E-state index contributed by atoms with van der Waals surface area (Å²) in [5, 5.41) is 0. The maximum atomic E-state index is 13.5. The molecule has 0 bridgehead atoms. The van der Waals surface area contributed by atoms with Gasteiger partial charge >= 0.3 is 12.1 Å². The van der Waals surface area contributed by atoms with E-state index in [0.29, 0.717) is 0 Å². The fourth-order valence-electron chi connectivity index (χ4n) is 1.67. The van der Waals surface area contributed by atoms with Gasteiger partial charge in [0.05, 0.1) is 7.11 Å². The Morgan fingerprint density at radius 2 is 1.89 bits per heavy atom. The maximum absolute atomic E-state index is 13.5. The van der Waals surface area contributed by atoms with E-state index in [-0.39, 0.29) is 0 Å². The molecule has 1 aromatic carbocycles. The molecule has 0 saturated heterocycles. The van der Waals surface area contributed by atoms with Crippen molar-refractivity contribution in [3.8, 4) is 0 Å². The minimum Gasteiger partial charge on any atom is -0.468 e. The number of nitrogens with two attached hydrogens (primary N) is 1. The summed E-state index contributed by atoms with van der Waals surface area (Å²) >= 11 is 0. The van der Waals surface area contributed by atoms with Gasteiger partial charge in [-0.25, -0.2) is 4.39 Å². The minimum absolute atomic E-state index is 0.791. The van der Waals surface area contributed by atoms with Crippen LogP contribution in [0.5, 0.6) is 0 Å². The number of halogens is 4. The van der Waals surface area contributed by atoms with E-state index >= 15 is 0 Å². The van der Waals surface area contributed by atoms with Gasteiger partial charge in [0.25, 0.3) is 0 Å². The van der Waals surface area contributed by atoms with Crippen molar-refractivity contribution in [1.82, 2.24) is 0 Å². The van der Waals surface area contributed by atoms with Crippen LogP contribution in [0.25, 0.3) is 0 Å². The monoisotopic (exact) mass is 265 g/mol. The summed E-state index contributed by atoms with van der Waals surface area (Å²) in [7, 11) is 0.791. The summed E-state index contributed by atoms with van der Waals surface area (Å²) in [6.07, 6.45) is -5.06. The van der Waals surface area contributed by atoms with Gasteiger partial charge in [-0.1, -0.05) is 18.2 Å². The number of hydrogen-bond acceptors (Lipinski definition) is 3. The Bertz CT molecular complexity index is 447. The van der Waals surface area contributed by atoms with Crippen LogP contribution in [-0.4, -0.2) is 25.8 Å². The lowest BCUT2D eigenvalue weighted by molar-refractivity contribution is -0.206. The number of alkyl halides is 3.